The van der Waals surface area contributed by atoms with Gasteiger partial charge in [0.2, 0.25) is 0 Å². The summed E-state index contributed by atoms with van der Waals surface area (Å²) in [5.74, 6) is -0.0278. The minimum atomic E-state index is -3.49. The Kier molecular flexibility index (Phi) is 6.27. The van der Waals surface area contributed by atoms with Crippen molar-refractivity contribution in [3.05, 3.63) is 0 Å². The average molecular weight is 198 g/mol. The first-order chi connectivity index (χ1) is 5.62. The predicted octanol–water partition coefficient (Wildman–Crippen LogP) is 0.321. The van der Waals surface area contributed by atoms with Gasteiger partial charge in [0.15, 0.2) is 0 Å². The first-order valence-electron chi connectivity index (χ1n) is 3.65. The van der Waals surface area contributed by atoms with Gasteiger partial charge >= 0.3 is 0 Å². The third kappa shape index (κ3) is 6.53. The molecular formula is C6H14O5S. The first-order valence-corrected chi connectivity index (χ1v) is 5.23. The number of rotatable bonds is 7. The standard InChI is InChI=1S/C6H14O5S/c1-3-6-12(7,8)11-10-5-4-9-2/h3-6H2,1-2H3. The van der Waals surface area contributed by atoms with Crippen LogP contribution in [-0.2, 0) is 24.1 Å². The molecule has 0 unspecified atom stereocenters. The fourth-order valence-electron chi connectivity index (χ4n) is 0.509. The maximum Gasteiger partial charge on any atom is 0.293 e. The van der Waals surface area contributed by atoms with Gasteiger partial charge in [-0.25, -0.2) is 4.89 Å². The Balaban J connectivity index is 3.48. The molecule has 0 aromatic carbocycles. The highest BCUT2D eigenvalue weighted by Crippen LogP contribution is 1.96. The molecule has 0 saturated carbocycles. The van der Waals surface area contributed by atoms with E-state index in [0.717, 1.165) is 0 Å². The molecule has 6 heteroatoms. The van der Waals surface area contributed by atoms with Crippen LogP contribution in [0.15, 0.2) is 0 Å². The summed E-state index contributed by atoms with van der Waals surface area (Å²) in [6.45, 7) is 2.16. The summed E-state index contributed by atoms with van der Waals surface area (Å²) >= 11 is 0. The summed E-state index contributed by atoms with van der Waals surface area (Å²) in [5.41, 5.74) is 0. The molecule has 74 valence electrons. The van der Waals surface area contributed by atoms with Crippen LogP contribution in [0.2, 0.25) is 0 Å². The molecular weight excluding hydrogens is 184 g/mol. The van der Waals surface area contributed by atoms with E-state index in [2.05, 4.69) is 14.0 Å². The van der Waals surface area contributed by atoms with Gasteiger partial charge in [0.05, 0.1) is 12.4 Å². The highest BCUT2D eigenvalue weighted by molar-refractivity contribution is 7.86. The Morgan fingerprint density at radius 1 is 1.25 bits per heavy atom. The zero-order valence-corrected chi connectivity index (χ0v) is 8.09. The third-order valence-electron chi connectivity index (χ3n) is 0.977. The van der Waals surface area contributed by atoms with Crippen LogP contribution in [0.5, 0.6) is 0 Å². The van der Waals surface area contributed by atoms with E-state index in [4.69, 9.17) is 0 Å². The van der Waals surface area contributed by atoms with E-state index < -0.39 is 10.1 Å². The lowest BCUT2D eigenvalue weighted by Crippen LogP contribution is -2.12. The van der Waals surface area contributed by atoms with Gasteiger partial charge in [-0.15, -0.1) is 4.33 Å². The van der Waals surface area contributed by atoms with Crippen molar-refractivity contribution in [1.29, 1.82) is 0 Å². The van der Waals surface area contributed by atoms with Crippen molar-refractivity contribution in [2.45, 2.75) is 13.3 Å². The molecule has 0 saturated heterocycles. The highest BCUT2D eigenvalue weighted by Gasteiger charge is 2.09. The Labute approximate surface area is 72.7 Å². The molecule has 0 fully saturated rings. The summed E-state index contributed by atoms with van der Waals surface area (Å²) in [6.07, 6.45) is 0.510. The fourth-order valence-corrected chi connectivity index (χ4v) is 1.29. The van der Waals surface area contributed by atoms with Crippen LogP contribution in [0.25, 0.3) is 0 Å². The number of hydrogen-bond acceptors (Lipinski definition) is 5. The SMILES string of the molecule is CCCS(=O)(=O)OOCCOC. The van der Waals surface area contributed by atoms with Crippen molar-refractivity contribution in [3.8, 4) is 0 Å². The van der Waals surface area contributed by atoms with Crippen LogP contribution in [0.4, 0.5) is 0 Å². The smallest absolute Gasteiger partial charge is 0.293 e. The van der Waals surface area contributed by atoms with Crippen molar-refractivity contribution in [1.82, 2.24) is 0 Å². The lowest BCUT2D eigenvalue weighted by atomic mass is 10.6. The van der Waals surface area contributed by atoms with Gasteiger partial charge in [-0.3, -0.25) is 0 Å². The van der Waals surface area contributed by atoms with Crippen molar-refractivity contribution < 1.29 is 22.4 Å². The normalized spacial score (nSPS) is 11.8. The quantitative estimate of drug-likeness (QED) is 0.335. The molecule has 0 aliphatic rings. The molecule has 0 bridgehead atoms. The minimum Gasteiger partial charge on any atom is -0.382 e. The van der Waals surface area contributed by atoms with Gasteiger partial charge in [-0.05, 0) is 6.42 Å². The summed E-state index contributed by atoms with van der Waals surface area (Å²) in [5, 5.41) is 0. The molecule has 0 aromatic rings. The topological polar surface area (TPSA) is 61.8 Å². The Morgan fingerprint density at radius 2 is 1.92 bits per heavy atom. The van der Waals surface area contributed by atoms with E-state index in [-0.39, 0.29) is 12.4 Å². The van der Waals surface area contributed by atoms with Crippen LogP contribution >= 0.6 is 0 Å². The van der Waals surface area contributed by atoms with Crippen LogP contribution in [0.3, 0.4) is 0 Å². The molecule has 0 aliphatic heterocycles. The van der Waals surface area contributed by atoms with Crippen LogP contribution in [0, 0.1) is 0 Å². The number of hydrogen-bond donors (Lipinski definition) is 0. The monoisotopic (exact) mass is 198 g/mol. The molecule has 0 rings (SSSR count). The number of methoxy groups -OCH3 is 1. The van der Waals surface area contributed by atoms with Crippen molar-refractivity contribution in [3.63, 3.8) is 0 Å². The molecule has 0 atom stereocenters. The molecule has 12 heavy (non-hydrogen) atoms. The Hall–Kier alpha value is -0.170. The van der Waals surface area contributed by atoms with Gasteiger partial charge in [0.1, 0.15) is 6.61 Å². The van der Waals surface area contributed by atoms with E-state index in [1.807, 2.05) is 0 Å². The largest absolute Gasteiger partial charge is 0.382 e. The van der Waals surface area contributed by atoms with Crippen molar-refractivity contribution in [2.75, 3.05) is 26.1 Å². The molecule has 0 heterocycles. The lowest BCUT2D eigenvalue weighted by Gasteiger charge is -2.02. The second-order valence-electron chi connectivity index (χ2n) is 2.14. The van der Waals surface area contributed by atoms with Gasteiger partial charge in [0, 0.05) is 7.11 Å². The summed E-state index contributed by atoms with van der Waals surface area (Å²) in [4.78, 5) is 4.38. The van der Waals surface area contributed by atoms with E-state index >= 15 is 0 Å². The maximum atomic E-state index is 10.8. The molecule has 0 aromatic heterocycles. The lowest BCUT2D eigenvalue weighted by molar-refractivity contribution is -0.208. The van der Waals surface area contributed by atoms with Crippen molar-refractivity contribution in [2.24, 2.45) is 0 Å². The van der Waals surface area contributed by atoms with Gasteiger partial charge in [-0.1, -0.05) is 6.92 Å². The van der Waals surface area contributed by atoms with Crippen LogP contribution < -0.4 is 0 Å². The minimum absolute atomic E-state index is 0.0278. The zero-order chi connectivity index (χ0) is 9.45. The van der Waals surface area contributed by atoms with Gasteiger partial charge in [0.25, 0.3) is 10.1 Å². The third-order valence-corrected chi connectivity index (χ3v) is 2.19. The van der Waals surface area contributed by atoms with E-state index in [1.54, 1.807) is 6.92 Å². The highest BCUT2D eigenvalue weighted by atomic mass is 32.2. The van der Waals surface area contributed by atoms with Gasteiger partial charge < -0.3 is 4.74 Å². The first kappa shape index (κ1) is 11.8. The molecule has 5 nitrogen and oxygen atoms in total. The molecule has 0 aliphatic carbocycles. The summed E-state index contributed by atoms with van der Waals surface area (Å²) in [6, 6.07) is 0. The van der Waals surface area contributed by atoms with Crippen LogP contribution in [-0.4, -0.2) is 34.5 Å². The van der Waals surface area contributed by atoms with Crippen molar-refractivity contribution >= 4 is 10.1 Å². The Morgan fingerprint density at radius 3 is 2.42 bits per heavy atom. The van der Waals surface area contributed by atoms with E-state index in [1.165, 1.54) is 7.11 Å². The van der Waals surface area contributed by atoms with Crippen LogP contribution in [0.1, 0.15) is 13.3 Å². The molecule has 0 radical (unpaired) electrons. The van der Waals surface area contributed by atoms with Gasteiger partial charge in [-0.2, -0.15) is 8.42 Å². The summed E-state index contributed by atoms with van der Waals surface area (Å²) in [7, 11) is -2.00. The second kappa shape index (κ2) is 6.36. The predicted molar refractivity (Wildman–Crippen MR) is 43.0 cm³/mol. The zero-order valence-electron chi connectivity index (χ0n) is 7.28. The van der Waals surface area contributed by atoms with E-state index in [0.29, 0.717) is 13.0 Å². The fraction of sp³-hybridized carbons (Fsp3) is 1.00. The molecule has 0 spiro atoms. The van der Waals surface area contributed by atoms with E-state index in [9.17, 15) is 8.42 Å². The summed E-state index contributed by atoms with van der Waals surface area (Å²) < 4.78 is 30.4. The maximum absolute atomic E-state index is 10.8. The second-order valence-corrected chi connectivity index (χ2v) is 3.80. The molecule has 0 amide bonds. The molecule has 0 N–H and O–H groups in total. The Bertz CT molecular complexity index is 186. The number of ether oxygens (including phenoxy) is 1. The average Bonchev–Trinajstić information content (AvgIpc) is 1.98.